The van der Waals surface area contributed by atoms with Crippen LogP contribution in [0.25, 0.3) is 11.1 Å². The summed E-state index contributed by atoms with van der Waals surface area (Å²) in [6, 6.07) is 8.90. The van der Waals surface area contributed by atoms with Crippen LogP contribution in [-0.4, -0.2) is 15.7 Å². The lowest BCUT2D eigenvalue weighted by atomic mass is 10.0. The Morgan fingerprint density at radius 2 is 1.89 bits per heavy atom. The van der Waals surface area contributed by atoms with E-state index in [9.17, 15) is 22.4 Å². The van der Waals surface area contributed by atoms with Crippen LogP contribution in [0.5, 0.6) is 0 Å². The summed E-state index contributed by atoms with van der Waals surface area (Å²) < 4.78 is 54.6. The van der Waals surface area contributed by atoms with E-state index < -0.39 is 29.7 Å². The highest BCUT2D eigenvalue weighted by Gasteiger charge is 2.23. The molecular formula is C19H15F4N3O. The van der Waals surface area contributed by atoms with Gasteiger partial charge in [-0.15, -0.1) is 0 Å². The number of nitrogens with zero attached hydrogens (tertiary/aromatic N) is 2. The second-order valence-electron chi connectivity index (χ2n) is 5.99. The topological polar surface area (TPSA) is 46.9 Å². The van der Waals surface area contributed by atoms with Gasteiger partial charge in [0.15, 0.2) is 11.6 Å². The fourth-order valence-corrected chi connectivity index (χ4v) is 2.76. The molecule has 3 aromatic rings. The van der Waals surface area contributed by atoms with Crippen LogP contribution < -0.4 is 5.32 Å². The highest BCUT2D eigenvalue weighted by Crippen LogP contribution is 2.31. The number of para-hydroxylation sites is 1. The van der Waals surface area contributed by atoms with Gasteiger partial charge in [-0.25, -0.2) is 17.6 Å². The maximum Gasteiger partial charge on any atom is 0.282 e. The number of hydrogen-bond acceptors (Lipinski definition) is 2. The van der Waals surface area contributed by atoms with E-state index in [1.54, 1.807) is 24.3 Å². The highest BCUT2D eigenvalue weighted by molar-refractivity contribution is 6.06. The molecule has 0 aliphatic carbocycles. The minimum absolute atomic E-state index is 0.110. The molecule has 4 nitrogen and oxygen atoms in total. The number of carbonyl (C=O) groups is 1. The largest absolute Gasteiger partial charge is 0.321 e. The van der Waals surface area contributed by atoms with Crippen molar-refractivity contribution in [2.24, 2.45) is 7.05 Å². The molecule has 8 heteroatoms. The van der Waals surface area contributed by atoms with Crippen molar-refractivity contribution < 1.29 is 22.4 Å². The lowest BCUT2D eigenvalue weighted by molar-refractivity contribution is 0.101. The van der Waals surface area contributed by atoms with Gasteiger partial charge in [0.25, 0.3) is 12.3 Å². The molecule has 1 amide bonds. The summed E-state index contributed by atoms with van der Waals surface area (Å²) >= 11 is 0. The number of amides is 1. The average molecular weight is 377 g/mol. The van der Waals surface area contributed by atoms with Crippen LogP contribution in [-0.2, 0) is 7.05 Å². The van der Waals surface area contributed by atoms with Crippen molar-refractivity contribution in [3.05, 3.63) is 71.1 Å². The molecule has 3 rings (SSSR count). The van der Waals surface area contributed by atoms with Crippen molar-refractivity contribution >= 4 is 11.6 Å². The molecule has 0 bridgehead atoms. The molecule has 1 aromatic heterocycles. The first-order valence-corrected chi connectivity index (χ1v) is 7.96. The second kappa shape index (κ2) is 7.22. The number of rotatable bonds is 4. The van der Waals surface area contributed by atoms with Gasteiger partial charge in [-0.1, -0.05) is 18.2 Å². The predicted molar refractivity (Wildman–Crippen MR) is 92.6 cm³/mol. The standard InChI is InChI=1S/C19H15F4N3O/c1-10-7-11(8-14(20)16(10)21)12-5-3-4-6-15(12)24-19(27)13-9-26(2)25-17(13)18(22)23/h3-9,18H,1-2H3,(H,24,27). The molecule has 0 radical (unpaired) electrons. The van der Waals surface area contributed by atoms with E-state index in [1.807, 2.05) is 0 Å². The number of aryl methyl sites for hydroxylation is 2. The third-order valence-electron chi connectivity index (χ3n) is 4.01. The maximum atomic E-state index is 13.8. The van der Waals surface area contributed by atoms with E-state index in [0.717, 1.165) is 10.7 Å². The van der Waals surface area contributed by atoms with E-state index in [2.05, 4.69) is 10.4 Å². The van der Waals surface area contributed by atoms with Crippen molar-refractivity contribution in [3.8, 4) is 11.1 Å². The summed E-state index contributed by atoms with van der Waals surface area (Å²) in [7, 11) is 1.43. The summed E-state index contributed by atoms with van der Waals surface area (Å²) in [5, 5.41) is 6.15. The Bertz CT molecular complexity index is 991. The number of halogens is 4. The Balaban J connectivity index is 1.99. The minimum atomic E-state index is -2.91. The van der Waals surface area contributed by atoms with Gasteiger partial charge in [0.05, 0.1) is 5.56 Å². The van der Waals surface area contributed by atoms with Crippen molar-refractivity contribution in [1.29, 1.82) is 0 Å². The van der Waals surface area contributed by atoms with Crippen LogP contribution in [0.3, 0.4) is 0 Å². The summed E-state index contributed by atoms with van der Waals surface area (Å²) in [6.07, 6.45) is -1.71. The SMILES string of the molecule is Cc1cc(-c2ccccc2NC(=O)c2cn(C)nc2C(F)F)cc(F)c1F. The molecule has 0 saturated carbocycles. The van der Waals surface area contributed by atoms with Gasteiger partial charge in [0, 0.05) is 24.5 Å². The van der Waals surface area contributed by atoms with Crippen LogP contribution in [0.1, 0.15) is 28.0 Å². The third kappa shape index (κ3) is 3.69. The molecule has 1 heterocycles. The number of anilines is 1. The molecule has 0 spiro atoms. The minimum Gasteiger partial charge on any atom is -0.321 e. The molecule has 1 N–H and O–H groups in total. The number of carbonyl (C=O) groups excluding carboxylic acids is 1. The van der Waals surface area contributed by atoms with E-state index in [4.69, 9.17) is 0 Å². The highest BCUT2D eigenvalue weighted by atomic mass is 19.3. The number of benzene rings is 2. The summed E-state index contributed by atoms with van der Waals surface area (Å²) in [5.74, 6) is -2.74. The van der Waals surface area contributed by atoms with Gasteiger partial charge < -0.3 is 5.32 Å². The van der Waals surface area contributed by atoms with E-state index in [1.165, 1.54) is 26.2 Å². The molecule has 0 aliphatic rings. The Morgan fingerprint density at radius 1 is 1.19 bits per heavy atom. The van der Waals surface area contributed by atoms with Gasteiger partial charge in [-0.05, 0) is 36.2 Å². The quantitative estimate of drug-likeness (QED) is 0.660. The zero-order valence-corrected chi connectivity index (χ0v) is 14.4. The van der Waals surface area contributed by atoms with Crippen molar-refractivity contribution in [1.82, 2.24) is 9.78 Å². The van der Waals surface area contributed by atoms with Gasteiger partial charge in [-0.3, -0.25) is 9.48 Å². The first-order chi connectivity index (χ1) is 12.8. The molecule has 0 atom stereocenters. The Labute approximate surface area is 152 Å². The van der Waals surface area contributed by atoms with Gasteiger partial charge >= 0.3 is 0 Å². The number of hydrogen-bond donors (Lipinski definition) is 1. The van der Waals surface area contributed by atoms with E-state index in [0.29, 0.717) is 11.1 Å². The molecule has 0 fully saturated rings. The Hall–Kier alpha value is -3.16. The van der Waals surface area contributed by atoms with Crippen LogP contribution in [0.2, 0.25) is 0 Å². The zero-order valence-electron chi connectivity index (χ0n) is 14.4. The maximum absolute atomic E-state index is 13.8. The normalized spacial score (nSPS) is 11.1. The zero-order chi connectivity index (χ0) is 19.7. The van der Waals surface area contributed by atoms with Crippen molar-refractivity contribution in [2.75, 3.05) is 5.32 Å². The molecule has 0 saturated heterocycles. The first-order valence-electron chi connectivity index (χ1n) is 7.96. The summed E-state index contributed by atoms with van der Waals surface area (Å²) in [5.41, 5.74) is 0.271. The predicted octanol–water partition coefficient (Wildman–Crippen LogP) is 4.86. The number of alkyl halides is 2. The summed E-state index contributed by atoms with van der Waals surface area (Å²) in [4.78, 5) is 12.5. The molecular weight excluding hydrogens is 362 g/mol. The van der Waals surface area contributed by atoms with Gasteiger partial charge in [0.1, 0.15) is 5.69 Å². The molecule has 140 valence electrons. The average Bonchev–Trinajstić information content (AvgIpc) is 3.02. The summed E-state index contributed by atoms with van der Waals surface area (Å²) in [6.45, 7) is 1.42. The monoisotopic (exact) mass is 377 g/mol. The second-order valence-corrected chi connectivity index (χ2v) is 5.99. The van der Waals surface area contributed by atoms with E-state index >= 15 is 0 Å². The van der Waals surface area contributed by atoms with Crippen LogP contribution in [0, 0.1) is 18.6 Å². The smallest absolute Gasteiger partial charge is 0.282 e. The molecule has 27 heavy (non-hydrogen) atoms. The molecule has 0 aliphatic heterocycles. The molecule has 0 unspecified atom stereocenters. The van der Waals surface area contributed by atoms with E-state index in [-0.39, 0.29) is 16.8 Å². The van der Waals surface area contributed by atoms with Gasteiger partial charge in [-0.2, -0.15) is 5.10 Å². The Morgan fingerprint density at radius 3 is 2.56 bits per heavy atom. The first kappa shape index (κ1) is 18.6. The van der Waals surface area contributed by atoms with Crippen LogP contribution >= 0.6 is 0 Å². The third-order valence-corrected chi connectivity index (χ3v) is 4.01. The van der Waals surface area contributed by atoms with Crippen LogP contribution in [0.4, 0.5) is 23.2 Å². The lowest BCUT2D eigenvalue weighted by Gasteiger charge is -2.12. The molecule has 2 aromatic carbocycles. The fraction of sp³-hybridized carbons (Fsp3) is 0.158. The lowest BCUT2D eigenvalue weighted by Crippen LogP contribution is -2.14. The van der Waals surface area contributed by atoms with Crippen molar-refractivity contribution in [2.45, 2.75) is 13.3 Å². The Kier molecular flexibility index (Phi) is 4.98. The van der Waals surface area contributed by atoms with Crippen molar-refractivity contribution in [3.63, 3.8) is 0 Å². The fourth-order valence-electron chi connectivity index (χ4n) is 2.76. The van der Waals surface area contributed by atoms with Gasteiger partial charge in [0.2, 0.25) is 0 Å². The number of nitrogens with one attached hydrogen (secondary N) is 1. The van der Waals surface area contributed by atoms with Crippen LogP contribution in [0.15, 0.2) is 42.6 Å². The number of aromatic nitrogens is 2.